The van der Waals surface area contributed by atoms with Gasteiger partial charge >= 0.3 is 0 Å². The molecular formula is C15H19N3O. The zero-order valence-electron chi connectivity index (χ0n) is 11.0. The van der Waals surface area contributed by atoms with Crippen LogP contribution >= 0.6 is 0 Å². The van der Waals surface area contributed by atoms with Crippen LogP contribution in [0.15, 0.2) is 48.8 Å². The van der Waals surface area contributed by atoms with Crippen molar-refractivity contribution in [3.05, 3.63) is 54.4 Å². The summed E-state index contributed by atoms with van der Waals surface area (Å²) in [5, 5.41) is 3.25. The van der Waals surface area contributed by atoms with E-state index >= 15 is 0 Å². The molecule has 4 heteroatoms. The fourth-order valence-corrected chi connectivity index (χ4v) is 1.98. The summed E-state index contributed by atoms with van der Waals surface area (Å²) in [7, 11) is 1.92. The minimum absolute atomic E-state index is 0.150. The number of anilines is 1. The van der Waals surface area contributed by atoms with Gasteiger partial charge in [0, 0.05) is 36.1 Å². The van der Waals surface area contributed by atoms with Gasteiger partial charge in [0.1, 0.15) is 5.75 Å². The molecule has 0 saturated carbocycles. The minimum Gasteiger partial charge on any atom is -0.494 e. The first-order valence-electron chi connectivity index (χ1n) is 6.35. The van der Waals surface area contributed by atoms with Gasteiger partial charge in [0.25, 0.3) is 0 Å². The molecule has 2 rings (SSSR count). The van der Waals surface area contributed by atoms with E-state index in [1.807, 2.05) is 43.4 Å². The van der Waals surface area contributed by atoms with Crippen molar-refractivity contribution in [2.45, 2.75) is 12.5 Å². The highest BCUT2D eigenvalue weighted by atomic mass is 16.5. The third kappa shape index (κ3) is 3.69. The fraction of sp³-hybridized carbons (Fsp3) is 0.267. The molecule has 0 bridgehead atoms. The molecule has 0 radical (unpaired) electrons. The maximum Gasteiger partial charge on any atom is 0.119 e. The van der Waals surface area contributed by atoms with Gasteiger partial charge in [-0.15, -0.1) is 0 Å². The molecule has 1 unspecified atom stereocenters. The molecule has 0 aliphatic carbocycles. The molecule has 0 saturated heterocycles. The Labute approximate surface area is 113 Å². The Kier molecular flexibility index (Phi) is 4.75. The lowest BCUT2D eigenvalue weighted by Gasteiger charge is -2.18. The largest absolute Gasteiger partial charge is 0.494 e. The third-order valence-corrected chi connectivity index (χ3v) is 3.03. The molecule has 4 nitrogen and oxygen atoms in total. The first-order chi connectivity index (χ1) is 9.31. The second kappa shape index (κ2) is 6.75. The van der Waals surface area contributed by atoms with Gasteiger partial charge in [-0.1, -0.05) is 18.2 Å². The van der Waals surface area contributed by atoms with Crippen LogP contribution < -0.4 is 15.8 Å². The van der Waals surface area contributed by atoms with Crippen LogP contribution in [-0.4, -0.2) is 18.6 Å². The zero-order chi connectivity index (χ0) is 13.5. The van der Waals surface area contributed by atoms with Crippen molar-refractivity contribution in [3.63, 3.8) is 0 Å². The normalized spacial score (nSPS) is 12.1. The molecule has 1 atom stereocenters. The standard InChI is InChI=1S/C15H19N3O/c1-17-15(13-11-18-9-7-14(13)16)8-10-19-12-5-3-2-4-6-12/h2-7,9,11,15,17H,8,10H2,1H3,(H2,16,18). The molecule has 0 fully saturated rings. The number of nitrogens with zero attached hydrogens (tertiary/aromatic N) is 1. The van der Waals surface area contributed by atoms with Crippen LogP contribution in [0.5, 0.6) is 5.75 Å². The number of hydrogen-bond acceptors (Lipinski definition) is 4. The number of para-hydroxylation sites is 1. The monoisotopic (exact) mass is 257 g/mol. The third-order valence-electron chi connectivity index (χ3n) is 3.03. The SMILES string of the molecule is CNC(CCOc1ccccc1)c1cnccc1N. The fourth-order valence-electron chi connectivity index (χ4n) is 1.98. The number of nitrogen functional groups attached to an aromatic ring is 1. The number of benzene rings is 1. The van der Waals surface area contributed by atoms with Crippen molar-refractivity contribution in [3.8, 4) is 5.75 Å². The van der Waals surface area contributed by atoms with Crippen LogP contribution in [0.25, 0.3) is 0 Å². The van der Waals surface area contributed by atoms with E-state index in [9.17, 15) is 0 Å². The lowest BCUT2D eigenvalue weighted by atomic mass is 10.0. The molecule has 100 valence electrons. The summed E-state index contributed by atoms with van der Waals surface area (Å²) >= 11 is 0. The van der Waals surface area contributed by atoms with Crippen LogP contribution in [0.1, 0.15) is 18.0 Å². The number of ether oxygens (including phenoxy) is 1. The topological polar surface area (TPSA) is 60.2 Å². The molecule has 19 heavy (non-hydrogen) atoms. The van der Waals surface area contributed by atoms with E-state index in [1.165, 1.54) is 0 Å². The highest BCUT2D eigenvalue weighted by Crippen LogP contribution is 2.21. The van der Waals surface area contributed by atoms with Crippen LogP contribution in [0.4, 0.5) is 5.69 Å². The van der Waals surface area contributed by atoms with Crippen LogP contribution in [0.3, 0.4) is 0 Å². The van der Waals surface area contributed by atoms with Gasteiger partial charge in [-0.2, -0.15) is 0 Å². The van der Waals surface area contributed by atoms with Gasteiger partial charge in [0.05, 0.1) is 6.61 Å². The van der Waals surface area contributed by atoms with Gasteiger partial charge in [-0.25, -0.2) is 0 Å². The second-order valence-electron chi connectivity index (χ2n) is 4.30. The number of hydrogen-bond donors (Lipinski definition) is 2. The maximum absolute atomic E-state index is 5.96. The summed E-state index contributed by atoms with van der Waals surface area (Å²) in [6.07, 6.45) is 4.34. The van der Waals surface area contributed by atoms with Crippen LogP contribution in [0.2, 0.25) is 0 Å². The Morgan fingerprint density at radius 3 is 2.74 bits per heavy atom. The highest BCUT2D eigenvalue weighted by molar-refractivity contribution is 5.46. The smallest absolute Gasteiger partial charge is 0.119 e. The molecule has 2 aromatic rings. The summed E-state index contributed by atoms with van der Waals surface area (Å²) in [5.41, 5.74) is 7.73. The molecule has 0 spiro atoms. The van der Waals surface area contributed by atoms with Crippen LogP contribution in [0, 0.1) is 0 Å². The van der Waals surface area contributed by atoms with Gasteiger partial charge < -0.3 is 15.8 Å². The summed E-state index contributed by atoms with van der Waals surface area (Å²) in [6.45, 7) is 0.629. The Hall–Kier alpha value is -2.07. The zero-order valence-corrected chi connectivity index (χ0v) is 11.0. The van der Waals surface area contributed by atoms with Gasteiger partial charge in [0.2, 0.25) is 0 Å². The molecule has 1 aromatic carbocycles. The average Bonchev–Trinajstić information content (AvgIpc) is 2.46. The van der Waals surface area contributed by atoms with Gasteiger partial charge in [-0.3, -0.25) is 4.98 Å². The molecule has 0 aliphatic heterocycles. The van der Waals surface area contributed by atoms with Gasteiger partial charge in [0.15, 0.2) is 0 Å². The van der Waals surface area contributed by atoms with Crippen molar-refractivity contribution in [2.24, 2.45) is 0 Å². The number of nitrogens with two attached hydrogens (primary N) is 1. The van der Waals surface area contributed by atoms with E-state index in [0.29, 0.717) is 6.61 Å². The Balaban J connectivity index is 1.92. The van der Waals surface area contributed by atoms with Crippen molar-refractivity contribution in [1.82, 2.24) is 10.3 Å². The lowest BCUT2D eigenvalue weighted by molar-refractivity contribution is 0.290. The summed E-state index contributed by atoms with van der Waals surface area (Å²) in [4.78, 5) is 4.12. The van der Waals surface area contributed by atoms with E-state index in [1.54, 1.807) is 12.4 Å². The predicted octanol–water partition coefficient (Wildman–Crippen LogP) is 2.39. The first-order valence-corrected chi connectivity index (χ1v) is 6.35. The maximum atomic E-state index is 5.96. The van der Waals surface area contributed by atoms with Crippen molar-refractivity contribution in [2.75, 3.05) is 19.4 Å². The minimum atomic E-state index is 0.150. The summed E-state index contributed by atoms with van der Waals surface area (Å²) < 4.78 is 5.70. The molecule has 1 aromatic heterocycles. The molecule has 3 N–H and O–H groups in total. The molecule has 1 heterocycles. The van der Waals surface area contributed by atoms with Crippen LogP contribution in [-0.2, 0) is 0 Å². The number of rotatable bonds is 6. The van der Waals surface area contributed by atoms with Crippen molar-refractivity contribution in [1.29, 1.82) is 0 Å². The quantitative estimate of drug-likeness (QED) is 0.834. The summed E-state index contributed by atoms with van der Waals surface area (Å²) in [6, 6.07) is 11.8. The Bertz CT molecular complexity index is 502. The molecule has 0 aliphatic rings. The van der Waals surface area contributed by atoms with Gasteiger partial charge in [-0.05, 0) is 25.2 Å². The van der Waals surface area contributed by atoms with E-state index in [2.05, 4.69) is 10.3 Å². The molecular weight excluding hydrogens is 238 g/mol. The van der Waals surface area contributed by atoms with E-state index < -0.39 is 0 Å². The van der Waals surface area contributed by atoms with Crippen molar-refractivity contribution < 1.29 is 4.74 Å². The predicted molar refractivity (Wildman–Crippen MR) is 77.0 cm³/mol. The average molecular weight is 257 g/mol. The van der Waals surface area contributed by atoms with Crippen molar-refractivity contribution >= 4 is 5.69 Å². The van der Waals surface area contributed by atoms with E-state index in [4.69, 9.17) is 10.5 Å². The lowest BCUT2D eigenvalue weighted by Crippen LogP contribution is -2.20. The number of nitrogens with one attached hydrogen (secondary N) is 1. The second-order valence-corrected chi connectivity index (χ2v) is 4.30. The van der Waals surface area contributed by atoms with E-state index in [-0.39, 0.29) is 6.04 Å². The highest BCUT2D eigenvalue weighted by Gasteiger charge is 2.12. The number of pyridine rings is 1. The summed E-state index contributed by atoms with van der Waals surface area (Å²) in [5.74, 6) is 0.886. The Morgan fingerprint density at radius 2 is 2.05 bits per heavy atom. The Morgan fingerprint density at radius 1 is 1.26 bits per heavy atom. The first kappa shape index (κ1) is 13.4. The molecule has 0 amide bonds. The number of aromatic nitrogens is 1. The van der Waals surface area contributed by atoms with E-state index in [0.717, 1.165) is 23.4 Å².